The number of aliphatic hydroxyl groups is 1. The van der Waals surface area contributed by atoms with Gasteiger partial charge in [0, 0.05) is 27.8 Å². The van der Waals surface area contributed by atoms with Gasteiger partial charge in [0.15, 0.2) is 0 Å². The number of halogens is 1. The number of alkyl halides is 1. The van der Waals surface area contributed by atoms with Crippen molar-refractivity contribution in [1.82, 2.24) is 10.3 Å². The lowest BCUT2D eigenvalue weighted by Gasteiger charge is -2.75. The number of pyridine rings is 1. The molecule has 0 aliphatic heterocycles. The molecule has 5 heteroatoms. The van der Waals surface area contributed by atoms with E-state index in [0.717, 1.165) is 44.1 Å². The molecular formula is C36H53IN2O2. The van der Waals surface area contributed by atoms with Crippen molar-refractivity contribution < 1.29 is 9.90 Å². The summed E-state index contributed by atoms with van der Waals surface area (Å²) in [6.07, 6.45) is 14.5. The zero-order valence-corrected chi connectivity index (χ0v) is 28.5. The molecule has 0 spiro atoms. The average Bonchev–Trinajstić information content (AvgIpc) is 3.34. The number of nitrogens with one attached hydrogen (secondary N) is 1. The molecule has 0 radical (unpaired) electrons. The minimum atomic E-state index is -0.285. The van der Waals surface area contributed by atoms with E-state index in [1.807, 2.05) is 24.5 Å². The first-order chi connectivity index (χ1) is 19.2. The van der Waals surface area contributed by atoms with Crippen LogP contribution >= 0.6 is 22.6 Å². The van der Waals surface area contributed by atoms with Crippen LogP contribution in [0.3, 0.4) is 0 Å². The third-order valence-electron chi connectivity index (χ3n) is 14.9. The Morgan fingerprint density at radius 1 is 0.951 bits per heavy atom. The van der Waals surface area contributed by atoms with E-state index in [1.54, 1.807) is 0 Å². The molecule has 5 saturated carbocycles. The molecule has 2 N–H and O–H groups in total. The summed E-state index contributed by atoms with van der Waals surface area (Å²) in [5, 5.41) is 14.6. The largest absolute Gasteiger partial charge is 0.393 e. The predicted octanol–water partition coefficient (Wildman–Crippen LogP) is 8.27. The van der Waals surface area contributed by atoms with E-state index < -0.39 is 0 Å². The number of nitrogens with zero attached hydrogens (tertiary/aromatic N) is 1. The fourth-order valence-electron chi connectivity index (χ4n) is 12.2. The van der Waals surface area contributed by atoms with Crippen molar-refractivity contribution in [3.63, 3.8) is 0 Å². The third-order valence-corrected chi connectivity index (χ3v) is 18.1. The number of carbonyl (C=O) groups is 1. The number of amides is 1. The Morgan fingerprint density at radius 3 is 2.32 bits per heavy atom. The highest BCUT2D eigenvalue weighted by Crippen LogP contribution is 2.79. The van der Waals surface area contributed by atoms with Crippen LogP contribution in [0, 0.1) is 50.7 Å². The summed E-state index contributed by atoms with van der Waals surface area (Å²) in [5.74, 6) is 2.27. The van der Waals surface area contributed by atoms with Crippen molar-refractivity contribution in [2.75, 3.05) is 0 Å². The maximum atomic E-state index is 14.3. The molecule has 5 aliphatic rings. The number of carbonyl (C=O) groups excluding carboxylic acids is 1. The molecule has 1 heterocycles. The first-order valence-corrected chi connectivity index (χ1v) is 17.5. The maximum Gasteiger partial charge on any atom is 0.226 e. The van der Waals surface area contributed by atoms with Gasteiger partial charge in [0.2, 0.25) is 5.91 Å². The number of rotatable bonds is 4. The Labute approximate surface area is 262 Å². The average molecular weight is 673 g/mol. The SMILES string of the molecule is C=C(C)[C@@H]1CC[C@]2(C(=O)NCc3ccncc3)CC[C@]3(C)[C@H](CCC4[C@@]5(C)CC[C@H](O)C(C)(C)C5(I)CC[C@]43C)C12. The molecule has 0 bridgehead atoms. The number of allylic oxidation sites excluding steroid dienone is 1. The van der Waals surface area contributed by atoms with E-state index in [1.165, 1.54) is 31.3 Å². The molecule has 6 rings (SSSR count). The number of aromatic nitrogens is 1. The van der Waals surface area contributed by atoms with Gasteiger partial charge >= 0.3 is 0 Å². The van der Waals surface area contributed by atoms with Gasteiger partial charge in [0.25, 0.3) is 0 Å². The van der Waals surface area contributed by atoms with Crippen LogP contribution in [-0.4, -0.2) is 25.5 Å². The molecule has 1 aromatic rings. The lowest BCUT2D eigenvalue weighted by Crippen LogP contribution is -2.71. The van der Waals surface area contributed by atoms with Crippen LogP contribution in [0.25, 0.3) is 0 Å². The van der Waals surface area contributed by atoms with Crippen LogP contribution in [0.1, 0.15) is 111 Å². The van der Waals surface area contributed by atoms with Gasteiger partial charge in [0.1, 0.15) is 0 Å². The Balaban J connectivity index is 1.35. The highest BCUT2D eigenvalue weighted by atomic mass is 127. The van der Waals surface area contributed by atoms with Gasteiger partial charge in [-0.15, -0.1) is 0 Å². The summed E-state index contributed by atoms with van der Waals surface area (Å²) in [4.78, 5) is 18.4. The lowest BCUT2D eigenvalue weighted by molar-refractivity contribution is -0.233. The second-order valence-electron chi connectivity index (χ2n) is 16.3. The lowest BCUT2D eigenvalue weighted by atomic mass is 9.32. The number of aliphatic hydroxyl groups excluding tert-OH is 1. The first-order valence-electron chi connectivity index (χ1n) is 16.4. The fraction of sp³-hybridized carbons (Fsp3) is 0.778. The van der Waals surface area contributed by atoms with Crippen molar-refractivity contribution in [3.05, 3.63) is 42.2 Å². The predicted molar refractivity (Wildman–Crippen MR) is 174 cm³/mol. The van der Waals surface area contributed by atoms with Crippen LogP contribution in [0.4, 0.5) is 0 Å². The van der Waals surface area contributed by atoms with Gasteiger partial charge in [-0.25, -0.2) is 0 Å². The van der Waals surface area contributed by atoms with Gasteiger partial charge in [-0.3, -0.25) is 9.78 Å². The Kier molecular flexibility index (Phi) is 7.17. The summed E-state index contributed by atoms with van der Waals surface area (Å²) in [6, 6.07) is 4.01. The third kappa shape index (κ3) is 3.85. The Bertz CT molecular complexity index is 1220. The van der Waals surface area contributed by atoms with Crippen LogP contribution in [0.5, 0.6) is 0 Å². The van der Waals surface area contributed by atoms with E-state index in [4.69, 9.17) is 0 Å². The topological polar surface area (TPSA) is 62.2 Å². The molecule has 0 saturated heterocycles. The smallest absolute Gasteiger partial charge is 0.226 e. The van der Waals surface area contributed by atoms with Crippen LogP contribution in [0.15, 0.2) is 36.7 Å². The summed E-state index contributed by atoms with van der Waals surface area (Å²) in [5.41, 5.74) is 2.66. The second kappa shape index (κ2) is 9.78. The Hall–Kier alpha value is -0.950. The van der Waals surface area contributed by atoms with E-state index in [-0.39, 0.29) is 42.5 Å². The van der Waals surface area contributed by atoms with E-state index in [2.05, 4.69) is 81.0 Å². The summed E-state index contributed by atoms with van der Waals surface area (Å²) >= 11 is 2.82. The standard InChI is InChI=1S/C36H53IN2O2/c1-23(2)25-10-15-35(30(41)39-22-24-12-20-38-21-13-24)18-16-32(5)26(29(25)35)8-9-27-33(32,6)17-19-36(37)31(3,4)28(40)11-14-34(27,36)7/h12-13,20-21,25-29,40H,1,8-11,14-19,22H2,2-7H3,(H,39,41)/t25-,26+,27?,28-,29?,32+,33+,34+,35-,36?/m0/s1. The second-order valence-corrected chi connectivity index (χ2v) is 18.1. The van der Waals surface area contributed by atoms with Crippen molar-refractivity contribution >= 4 is 28.5 Å². The molecule has 1 amide bonds. The van der Waals surface area contributed by atoms with Crippen LogP contribution in [-0.2, 0) is 11.3 Å². The van der Waals surface area contributed by atoms with Gasteiger partial charge < -0.3 is 10.4 Å². The Morgan fingerprint density at radius 2 is 1.63 bits per heavy atom. The van der Waals surface area contributed by atoms with Crippen LogP contribution < -0.4 is 5.32 Å². The van der Waals surface area contributed by atoms with Gasteiger partial charge in [0.05, 0.1) is 11.5 Å². The van der Waals surface area contributed by atoms with Crippen molar-refractivity contribution in [2.24, 2.45) is 50.7 Å². The van der Waals surface area contributed by atoms with E-state index >= 15 is 0 Å². The molecule has 226 valence electrons. The normalized spacial score (nSPS) is 48.2. The number of hydrogen-bond donors (Lipinski definition) is 2. The summed E-state index contributed by atoms with van der Waals surface area (Å²) < 4.78 is 0.0989. The van der Waals surface area contributed by atoms with Crippen LogP contribution in [0.2, 0.25) is 0 Å². The number of hydrogen-bond acceptors (Lipinski definition) is 3. The van der Waals surface area contributed by atoms with Crippen molar-refractivity contribution in [1.29, 1.82) is 0 Å². The van der Waals surface area contributed by atoms with Crippen molar-refractivity contribution in [2.45, 2.75) is 122 Å². The minimum Gasteiger partial charge on any atom is -0.393 e. The van der Waals surface area contributed by atoms with Gasteiger partial charge in [-0.1, -0.05) is 69.4 Å². The molecule has 41 heavy (non-hydrogen) atoms. The van der Waals surface area contributed by atoms with E-state index in [9.17, 15) is 9.90 Å². The van der Waals surface area contributed by atoms with E-state index in [0.29, 0.717) is 30.2 Å². The minimum absolute atomic E-state index is 0.0925. The zero-order valence-electron chi connectivity index (χ0n) is 26.4. The number of fused-ring (bicyclic) bond motifs is 7. The molecule has 10 atom stereocenters. The molecule has 5 fully saturated rings. The highest BCUT2D eigenvalue weighted by molar-refractivity contribution is 14.1. The monoisotopic (exact) mass is 672 g/mol. The van der Waals surface area contributed by atoms with Crippen molar-refractivity contribution in [3.8, 4) is 0 Å². The fourth-order valence-corrected chi connectivity index (χ4v) is 13.5. The maximum absolute atomic E-state index is 14.3. The highest BCUT2D eigenvalue weighted by Gasteiger charge is 2.74. The molecule has 4 nitrogen and oxygen atoms in total. The summed E-state index contributed by atoms with van der Waals surface area (Å²) in [6.45, 7) is 19.9. The quantitative estimate of drug-likeness (QED) is 0.192. The molecule has 3 unspecified atom stereocenters. The molecule has 5 aliphatic carbocycles. The molecular weight excluding hydrogens is 619 g/mol. The van der Waals surface area contributed by atoms with Gasteiger partial charge in [-0.2, -0.15) is 0 Å². The zero-order chi connectivity index (χ0) is 29.6. The summed E-state index contributed by atoms with van der Waals surface area (Å²) in [7, 11) is 0. The molecule has 0 aromatic carbocycles. The van der Waals surface area contributed by atoms with Gasteiger partial charge in [-0.05, 0) is 129 Å². The molecule has 1 aromatic heterocycles. The first kappa shape index (κ1) is 30.1.